The van der Waals surface area contributed by atoms with Crippen molar-refractivity contribution in [2.24, 2.45) is 5.73 Å². The maximum absolute atomic E-state index is 5.40. The molecule has 8 heavy (non-hydrogen) atoms. The van der Waals surface area contributed by atoms with Crippen molar-refractivity contribution in [1.82, 2.24) is 0 Å². The van der Waals surface area contributed by atoms with Gasteiger partial charge in [0.25, 0.3) is 0 Å². The smallest absolute Gasteiger partial charge is 0.0310 e. The Hall–Kier alpha value is -0.980. The lowest BCUT2D eigenvalue weighted by Gasteiger charge is -1.84. The Morgan fingerprint density at radius 3 is 2.62 bits per heavy atom. The van der Waals surface area contributed by atoms with Crippen LogP contribution in [0, 0.1) is 0 Å². The lowest BCUT2D eigenvalue weighted by atomic mass is 10.4. The van der Waals surface area contributed by atoms with E-state index in [4.69, 9.17) is 5.73 Å². The van der Waals surface area contributed by atoms with Crippen molar-refractivity contribution < 1.29 is 0 Å². The van der Waals surface area contributed by atoms with Crippen LogP contribution in [-0.2, 0) is 0 Å². The second kappa shape index (κ2) is 4.19. The zero-order valence-electron chi connectivity index (χ0n) is 5.09. The van der Waals surface area contributed by atoms with E-state index in [-0.39, 0.29) is 0 Å². The Bertz CT molecular complexity index is 120. The molecular formula is C7H11N. The van der Waals surface area contributed by atoms with Crippen LogP contribution in [0.4, 0.5) is 0 Å². The summed E-state index contributed by atoms with van der Waals surface area (Å²) in [6, 6.07) is 0. The highest BCUT2D eigenvalue weighted by molar-refractivity contribution is 5.18. The molecule has 0 heterocycles. The molecule has 0 aliphatic carbocycles. The highest BCUT2D eigenvalue weighted by Crippen LogP contribution is 1.84. The molecule has 44 valence electrons. The van der Waals surface area contributed by atoms with Crippen molar-refractivity contribution in [1.29, 1.82) is 0 Å². The van der Waals surface area contributed by atoms with Crippen molar-refractivity contribution in [2.45, 2.75) is 6.92 Å². The first-order valence-electron chi connectivity index (χ1n) is 2.52. The fraction of sp³-hybridized carbons (Fsp3) is 0.143. The third kappa shape index (κ3) is 3.22. The van der Waals surface area contributed by atoms with Crippen molar-refractivity contribution in [3.63, 3.8) is 0 Å². The molecule has 1 nitrogen and oxygen atoms in total. The molecule has 1 heteroatoms. The van der Waals surface area contributed by atoms with Crippen LogP contribution in [0.3, 0.4) is 0 Å². The summed E-state index contributed by atoms with van der Waals surface area (Å²) in [6.45, 7) is 5.41. The molecule has 0 aliphatic heterocycles. The van der Waals surface area contributed by atoms with Gasteiger partial charge >= 0.3 is 0 Å². The van der Waals surface area contributed by atoms with Crippen LogP contribution in [0.5, 0.6) is 0 Å². The fourth-order valence-electron chi connectivity index (χ4n) is 0.384. The number of hydrogen-bond acceptors (Lipinski definition) is 1. The summed E-state index contributed by atoms with van der Waals surface area (Å²) >= 11 is 0. The largest absolute Gasteiger partial charge is 0.399 e. The maximum atomic E-state index is 5.40. The summed E-state index contributed by atoms with van der Waals surface area (Å²) in [6.07, 6.45) is 7.12. The van der Waals surface area contributed by atoms with Crippen molar-refractivity contribution in [3.8, 4) is 0 Å². The van der Waals surface area contributed by atoms with E-state index in [1.54, 1.807) is 12.2 Å². The molecule has 0 aliphatic rings. The summed E-state index contributed by atoms with van der Waals surface area (Å²) < 4.78 is 0. The third-order valence-electron chi connectivity index (χ3n) is 0.669. The van der Waals surface area contributed by atoms with Crippen molar-refractivity contribution >= 4 is 0 Å². The molecule has 0 aromatic heterocycles. The Morgan fingerprint density at radius 1 is 1.62 bits per heavy atom. The third-order valence-corrected chi connectivity index (χ3v) is 0.669. The van der Waals surface area contributed by atoms with E-state index in [9.17, 15) is 0 Å². The molecule has 0 bridgehead atoms. The van der Waals surface area contributed by atoms with E-state index in [1.807, 2.05) is 19.1 Å². The van der Waals surface area contributed by atoms with Gasteiger partial charge < -0.3 is 5.73 Å². The van der Waals surface area contributed by atoms with Gasteiger partial charge in [-0.15, -0.1) is 0 Å². The first kappa shape index (κ1) is 7.02. The first-order chi connectivity index (χ1) is 3.81. The van der Waals surface area contributed by atoms with E-state index in [2.05, 4.69) is 6.58 Å². The molecule has 0 fully saturated rings. The molecule has 0 unspecified atom stereocenters. The average Bonchev–Trinajstić information content (AvgIpc) is 1.68. The molecule has 0 saturated carbocycles. The summed E-state index contributed by atoms with van der Waals surface area (Å²) in [5.74, 6) is 0. The predicted octanol–water partition coefficient (Wildman–Crippen LogP) is 1.59. The zero-order chi connectivity index (χ0) is 6.41. The monoisotopic (exact) mass is 109 g/mol. The fourth-order valence-corrected chi connectivity index (χ4v) is 0.384. The van der Waals surface area contributed by atoms with Crippen LogP contribution >= 0.6 is 0 Å². The second-order valence-corrected chi connectivity index (χ2v) is 1.40. The SMILES string of the molecule is C=C/C=C(N)\C=C\C. The lowest BCUT2D eigenvalue weighted by Crippen LogP contribution is -1.90. The predicted molar refractivity (Wildman–Crippen MR) is 37.3 cm³/mol. The zero-order valence-corrected chi connectivity index (χ0v) is 5.09. The number of allylic oxidation sites excluding steroid dienone is 4. The topological polar surface area (TPSA) is 26.0 Å². The highest BCUT2D eigenvalue weighted by Gasteiger charge is 1.71. The van der Waals surface area contributed by atoms with E-state index in [0.717, 1.165) is 5.70 Å². The molecule has 0 rings (SSSR count). The van der Waals surface area contributed by atoms with Crippen LogP contribution in [0.25, 0.3) is 0 Å². The quantitative estimate of drug-likeness (QED) is 0.535. The van der Waals surface area contributed by atoms with Crippen LogP contribution in [0.2, 0.25) is 0 Å². The molecule has 0 aromatic rings. The number of hydrogen-bond donors (Lipinski definition) is 1. The molecule has 0 aromatic carbocycles. The van der Waals surface area contributed by atoms with Gasteiger partial charge in [-0.2, -0.15) is 0 Å². The van der Waals surface area contributed by atoms with Gasteiger partial charge in [0, 0.05) is 5.70 Å². The van der Waals surface area contributed by atoms with Gasteiger partial charge in [0.05, 0.1) is 0 Å². The van der Waals surface area contributed by atoms with Crippen LogP contribution < -0.4 is 5.73 Å². The Kier molecular flexibility index (Phi) is 3.67. The van der Waals surface area contributed by atoms with E-state index >= 15 is 0 Å². The van der Waals surface area contributed by atoms with Gasteiger partial charge in [0.15, 0.2) is 0 Å². The highest BCUT2D eigenvalue weighted by atomic mass is 14.5. The van der Waals surface area contributed by atoms with E-state index in [1.165, 1.54) is 0 Å². The minimum absolute atomic E-state index is 0.738. The van der Waals surface area contributed by atoms with E-state index in [0.29, 0.717) is 0 Å². The summed E-state index contributed by atoms with van der Waals surface area (Å²) in [5, 5.41) is 0. The van der Waals surface area contributed by atoms with Crippen molar-refractivity contribution in [3.05, 3.63) is 36.6 Å². The second-order valence-electron chi connectivity index (χ2n) is 1.40. The van der Waals surface area contributed by atoms with Gasteiger partial charge in [-0.3, -0.25) is 0 Å². The van der Waals surface area contributed by atoms with E-state index < -0.39 is 0 Å². The molecule has 2 N–H and O–H groups in total. The Morgan fingerprint density at radius 2 is 2.25 bits per heavy atom. The first-order valence-corrected chi connectivity index (χ1v) is 2.52. The maximum Gasteiger partial charge on any atom is 0.0310 e. The van der Waals surface area contributed by atoms with Gasteiger partial charge in [-0.25, -0.2) is 0 Å². The molecule has 0 spiro atoms. The number of rotatable bonds is 2. The average molecular weight is 109 g/mol. The summed E-state index contributed by atoms with van der Waals surface area (Å²) in [7, 11) is 0. The van der Waals surface area contributed by atoms with Crippen LogP contribution in [0.15, 0.2) is 36.6 Å². The summed E-state index contributed by atoms with van der Waals surface area (Å²) in [5.41, 5.74) is 6.14. The van der Waals surface area contributed by atoms with Crippen LogP contribution in [-0.4, -0.2) is 0 Å². The molecule has 0 saturated heterocycles. The molecule has 0 radical (unpaired) electrons. The molecular weight excluding hydrogens is 98.1 g/mol. The molecule has 0 amide bonds. The van der Waals surface area contributed by atoms with Crippen LogP contribution in [0.1, 0.15) is 6.92 Å². The van der Waals surface area contributed by atoms with Gasteiger partial charge in [-0.05, 0) is 19.1 Å². The summed E-state index contributed by atoms with van der Waals surface area (Å²) in [4.78, 5) is 0. The van der Waals surface area contributed by atoms with Gasteiger partial charge in [-0.1, -0.05) is 18.7 Å². The Balaban J connectivity index is 3.79. The standard InChI is InChI=1S/C7H11N/c1-3-5-7(8)6-4-2/h3-6H,1,8H2,2H3/b6-4+,7-5+. The Labute approximate surface area is 50.2 Å². The normalized spacial score (nSPS) is 12.4. The number of nitrogens with two attached hydrogens (primary N) is 1. The van der Waals surface area contributed by atoms with Crippen molar-refractivity contribution in [2.75, 3.05) is 0 Å². The lowest BCUT2D eigenvalue weighted by molar-refractivity contribution is 1.42. The minimum atomic E-state index is 0.738. The van der Waals surface area contributed by atoms with Gasteiger partial charge in [0.1, 0.15) is 0 Å². The molecule has 0 atom stereocenters. The van der Waals surface area contributed by atoms with Gasteiger partial charge in [0.2, 0.25) is 0 Å². The minimum Gasteiger partial charge on any atom is -0.399 e.